The fourth-order valence-corrected chi connectivity index (χ4v) is 1.34. The fourth-order valence-electron chi connectivity index (χ4n) is 1.34. The van der Waals surface area contributed by atoms with Gasteiger partial charge in [0.15, 0.2) is 0 Å². The van der Waals surface area contributed by atoms with Crippen LogP contribution in [-0.4, -0.2) is 17.0 Å². The van der Waals surface area contributed by atoms with Gasteiger partial charge in [-0.15, -0.1) is 0 Å². The number of aryl methyl sites for hydroxylation is 1. The molecule has 0 atom stereocenters. The van der Waals surface area contributed by atoms with Gasteiger partial charge in [-0.3, -0.25) is 9.59 Å². The Bertz CT molecular complexity index is 388. The summed E-state index contributed by atoms with van der Waals surface area (Å²) in [7, 11) is 0. The van der Waals surface area contributed by atoms with E-state index in [0.29, 0.717) is 18.5 Å². The van der Waals surface area contributed by atoms with E-state index >= 15 is 0 Å². The Morgan fingerprint density at radius 1 is 1.31 bits per heavy atom. The molecule has 0 saturated carbocycles. The Balaban J connectivity index is 2.74. The number of aliphatic carboxylic acids is 1. The molecule has 86 valence electrons. The fraction of sp³-hybridized carbons (Fsp3) is 0.333. The van der Waals surface area contributed by atoms with E-state index in [0.717, 1.165) is 5.56 Å². The molecule has 0 spiro atoms. The van der Waals surface area contributed by atoms with E-state index in [1.807, 2.05) is 18.2 Å². The number of carboxylic acids is 1. The van der Waals surface area contributed by atoms with Crippen molar-refractivity contribution in [1.29, 1.82) is 0 Å². The number of nitrogens with one attached hydrogen (secondary N) is 1. The van der Waals surface area contributed by atoms with Crippen LogP contribution in [0.3, 0.4) is 0 Å². The molecular weight excluding hydrogens is 206 g/mol. The molecule has 16 heavy (non-hydrogen) atoms. The first-order chi connectivity index (χ1) is 7.63. The lowest BCUT2D eigenvalue weighted by molar-refractivity contribution is -0.136. The van der Waals surface area contributed by atoms with E-state index < -0.39 is 5.97 Å². The molecular formula is C12H15NO3. The lowest BCUT2D eigenvalue weighted by Gasteiger charge is -2.09. The van der Waals surface area contributed by atoms with Gasteiger partial charge in [0, 0.05) is 18.5 Å². The van der Waals surface area contributed by atoms with Gasteiger partial charge in [-0.1, -0.05) is 25.1 Å². The molecule has 0 saturated heterocycles. The summed E-state index contributed by atoms with van der Waals surface area (Å²) in [5.74, 6) is -0.903. The number of benzene rings is 1. The summed E-state index contributed by atoms with van der Waals surface area (Å²) in [6, 6.07) is 7.26. The Morgan fingerprint density at radius 2 is 2.00 bits per heavy atom. The number of rotatable bonds is 5. The van der Waals surface area contributed by atoms with Gasteiger partial charge in [-0.2, -0.15) is 0 Å². The Morgan fingerprint density at radius 3 is 2.62 bits per heavy atom. The zero-order valence-corrected chi connectivity index (χ0v) is 9.19. The van der Waals surface area contributed by atoms with Crippen LogP contribution in [0, 0.1) is 0 Å². The molecule has 4 nitrogen and oxygen atoms in total. The second-order valence-corrected chi connectivity index (χ2v) is 3.45. The van der Waals surface area contributed by atoms with Crippen LogP contribution >= 0.6 is 0 Å². The predicted octanol–water partition coefficient (Wildman–Crippen LogP) is 2.05. The van der Waals surface area contributed by atoms with Gasteiger partial charge in [0.25, 0.3) is 0 Å². The lowest BCUT2D eigenvalue weighted by atomic mass is 10.1. The minimum atomic E-state index is -0.836. The first-order valence-corrected chi connectivity index (χ1v) is 5.23. The molecule has 0 aliphatic carbocycles. The van der Waals surface area contributed by atoms with Crippen LogP contribution in [0.5, 0.6) is 0 Å². The quantitative estimate of drug-likeness (QED) is 0.799. The van der Waals surface area contributed by atoms with Crippen molar-refractivity contribution in [3.05, 3.63) is 29.8 Å². The zero-order valence-electron chi connectivity index (χ0n) is 9.19. The van der Waals surface area contributed by atoms with E-state index in [9.17, 15) is 9.59 Å². The van der Waals surface area contributed by atoms with Crippen molar-refractivity contribution in [2.75, 3.05) is 5.32 Å². The summed E-state index contributed by atoms with van der Waals surface area (Å²) in [6.07, 6.45) is 0.905. The molecule has 1 rings (SSSR count). The highest BCUT2D eigenvalue weighted by molar-refractivity contribution is 5.91. The van der Waals surface area contributed by atoms with Crippen molar-refractivity contribution in [2.24, 2.45) is 0 Å². The third-order valence-corrected chi connectivity index (χ3v) is 2.22. The molecule has 1 amide bonds. The van der Waals surface area contributed by atoms with Crippen molar-refractivity contribution in [2.45, 2.75) is 26.2 Å². The van der Waals surface area contributed by atoms with Gasteiger partial charge in [0.1, 0.15) is 0 Å². The molecule has 0 fully saturated rings. The van der Waals surface area contributed by atoms with Crippen molar-refractivity contribution in [3.63, 3.8) is 0 Å². The summed E-state index contributed by atoms with van der Waals surface area (Å²) < 4.78 is 0. The van der Waals surface area contributed by atoms with Crippen molar-refractivity contribution >= 4 is 17.6 Å². The minimum absolute atomic E-state index is 0.0669. The Hall–Kier alpha value is -1.84. The van der Waals surface area contributed by atoms with Gasteiger partial charge in [0.05, 0.1) is 0 Å². The highest BCUT2D eigenvalue weighted by Gasteiger charge is 2.06. The van der Waals surface area contributed by atoms with Gasteiger partial charge in [-0.25, -0.2) is 0 Å². The van der Waals surface area contributed by atoms with Gasteiger partial charge < -0.3 is 10.4 Å². The first-order valence-electron chi connectivity index (χ1n) is 5.23. The van der Waals surface area contributed by atoms with Crippen LogP contribution in [-0.2, 0) is 16.0 Å². The second-order valence-electron chi connectivity index (χ2n) is 3.45. The molecule has 0 heterocycles. The standard InChI is InChI=1S/C12H15NO3/c1-2-11(14)13-10-6-4-3-5-9(10)7-8-12(15)16/h3-6H,2,7-8H2,1H3,(H,13,14)(H,15,16). The molecule has 0 unspecified atom stereocenters. The number of anilines is 1. The molecule has 0 radical (unpaired) electrons. The van der Waals surface area contributed by atoms with Gasteiger partial charge in [0.2, 0.25) is 5.91 Å². The number of carboxylic acid groups (broad SMARTS) is 1. The maximum absolute atomic E-state index is 11.2. The van der Waals surface area contributed by atoms with Gasteiger partial charge >= 0.3 is 5.97 Å². The van der Waals surface area contributed by atoms with Crippen LogP contribution < -0.4 is 5.32 Å². The molecule has 0 aromatic heterocycles. The SMILES string of the molecule is CCC(=O)Nc1ccccc1CCC(=O)O. The van der Waals surface area contributed by atoms with E-state index in [-0.39, 0.29) is 12.3 Å². The molecule has 1 aromatic rings. The number of para-hydroxylation sites is 1. The minimum Gasteiger partial charge on any atom is -0.481 e. The highest BCUT2D eigenvalue weighted by atomic mass is 16.4. The van der Waals surface area contributed by atoms with Crippen molar-refractivity contribution in [3.8, 4) is 0 Å². The maximum atomic E-state index is 11.2. The average Bonchev–Trinajstić information content (AvgIpc) is 2.27. The lowest BCUT2D eigenvalue weighted by Crippen LogP contribution is -2.11. The summed E-state index contributed by atoms with van der Waals surface area (Å²) in [5.41, 5.74) is 1.56. The molecule has 1 aromatic carbocycles. The number of hydrogen-bond donors (Lipinski definition) is 2. The predicted molar refractivity (Wildman–Crippen MR) is 61.3 cm³/mol. The number of hydrogen-bond acceptors (Lipinski definition) is 2. The van der Waals surface area contributed by atoms with Crippen molar-refractivity contribution < 1.29 is 14.7 Å². The summed E-state index contributed by atoms with van der Waals surface area (Å²) in [4.78, 5) is 21.7. The van der Waals surface area contributed by atoms with Crippen LogP contribution in [0.4, 0.5) is 5.69 Å². The third kappa shape index (κ3) is 3.73. The first kappa shape index (κ1) is 12.2. The molecule has 0 bridgehead atoms. The topological polar surface area (TPSA) is 66.4 Å². The summed E-state index contributed by atoms with van der Waals surface area (Å²) >= 11 is 0. The zero-order chi connectivity index (χ0) is 12.0. The van der Waals surface area contributed by atoms with Gasteiger partial charge in [-0.05, 0) is 18.1 Å². The van der Waals surface area contributed by atoms with E-state index in [4.69, 9.17) is 5.11 Å². The third-order valence-electron chi connectivity index (χ3n) is 2.22. The molecule has 4 heteroatoms. The van der Waals surface area contributed by atoms with Crippen LogP contribution in [0.2, 0.25) is 0 Å². The van der Waals surface area contributed by atoms with E-state index in [1.54, 1.807) is 13.0 Å². The van der Waals surface area contributed by atoms with Crippen molar-refractivity contribution in [1.82, 2.24) is 0 Å². The van der Waals surface area contributed by atoms with E-state index in [1.165, 1.54) is 0 Å². The monoisotopic (exact) mass is 221 g/mol. The Labute approximate surface area is 94.3 Å². The second kappa shape index (κ2) is 5.90. The highest BCUT2D eigenvalue weighted by Crippen LogP contribution is 2.17. The summed E-state index contributed by atoms with van der Waals surface area (Å²) in [6.45, 7) is 1.77. The van der Waals surface area contributed by atoms with E-state index in [2.05, 4.69) is 5.32 Å². The molecule has 0 aliphatic heterocycles. The smallest absolute Gasteiger partial charge is 0.303 e. The normalized spacial score (nSPS) is 9.81. The number of carbonyl (C=O) groups is 2. The maximum Gasteiger partial charge on any atom is 0.303 e. The Kier molecular flexibility index (Phi) is 4.51. The number of carbonyl (C=O) groups excluding carboxylic acids is 1. The largest absolute Gasteiger partial charge is 0.481 e. The molecule has 0 aliphatic rings. The average molecular weight is 221 g/mol. The van der Waals surface area contributed by atoms with Crippen LogP contribution in [0.15, 0.2) is 24.3 Å². The number of amides is 1. The summed E-state index contributed by atoms with van der Waals surface area (Å²) in [5, 5.41) is 11.4. The van der Waals surface area contributed by atoms with Crippen LogP contribution in [0.25, 0.3) is 0 Å². The van der Waals surface area contributed by atoms with Crippen LogP contribution in [0.1, 0.15) is 25.3 Å². The molecule has 2 N–H and O–H groups in total.